The maximum Gasteiger partial charge on any atom is 0.417 e. The normalized spacial score (nSPS) is 11.0. The van der Waals surface area contributed by atoms with Crippen molar-refractivity contribution in [1.29, 1.82) is 0 Å². The van der Waals surface area contributed by atoms with E-state index < -0.39 is 23.2 Å². The fraction of sp³-hybridized carbons (Fsp3) is 0.214. The van der Waals surface area contributed by atoms with Gasteiger partial charge in [0.05, 0.1) is 17.7 Å². The molecule has 0 unspecified atom stereocenters. The van der Waals surface area contributed by atoms with Crippen LogP contribution in [0.25, 0.3) is 0 Å². The van der Waals surface area contributed by atoms with Crippen LogP contribution >= 0.6 is 0 Å². The number of ether oxygens (including phenoxy) is 1. The third kappa shape index (κ3) is 4.18. The molecule has 0 fully saturated rings. The van der Waals surface area contributed by atoms with E-state index in [1.54, 1.807) is 24.4 Å². The molecule has 0 aromatic carbocycles. The van der Waals surface area contributed by atoms with Crippen LogP contribution in [0.15, 0.2) is 42.9 Å². The molecule has 0 aliphatic rings. The quantitative estimate of drug-likeness (QED) is 0.861. The highest BCUT2D eigenvalue weighted by Gasteiger charge is 2.35. The summed E-state index contributed by atoms with van der Waals surface area (Å²) in [5.74, 6) is -0.487. The molecule has 1 N–H and O–H groups in total. The van der Waals surface area contributed by atoms with E-state index in [0.29, 0.717) is 5.88 Å². The van der Waals surface area contributed by atoms with Crippen LogP contribution in [-0.4, -0.2) is 29.0 Å². The van der Waals surface area contributed by atoms with E-state index in [4.69, 9.17) is 4.74 Å². The molecule has 0 saturated heterocycles. The minimum Gasteiger partial charge on any atom is -0.476 e. The number of hydrogen-bond acceptors (Lipinski definition) is 4. The van der Waals surface area contributed by atoms with Gasteiger partial charge < -0.3 is 10.1 Å². The number of amides is 1. The first-order valence-corrected chi connectivity index (χ1v) is 6.31. The summed E-state index contributed by atoms with van der Waals surface area (Å²) in [6.07, 6.45) is -1.19. The van der Waals surface area contributed by atoms with E-state index in [2.05, 4.69) is 15.3 Å². The number of hydrogen-bond donors (Lipinski definition) is 1. The molecule has 8 heteroatoms. The van der Waals surface area contributed by atoms with Crippen LogP contribution in [0.5, 0.6) is 5.88 Å². The summed E-state index contributed by atoms with van der Waals surface area (Å²) in [6.45, 7) is 0.131. The first-order valence-electron chi connectivity index (χ1n) is 6.31. The molecule has 0 spiro atoms. The monoisotopic (exact) mass is 311 g/mol. The van der Waals surface area contributed by atoms with Gasteiger partial charge >= 0.3 is 6.18 Å². The van der Waals surface area contributed by atoms with Crippen molar-refractivity contribution >= 4 is 5.91 Å². The van der Waals surface area contributed by atoms with Gasteiger partial charge in [-0.1, -0.05) is 6.07 Å². The van der Waals surface area contributed by atoms with Crippen molar-refractivity contribution in [3.63, 3.8) is 0 Å². The lowest BCUT2D eigenvalue weighted by molar-refractivity contribution is -0.138. The molecule has 22 heavy (non-hydrogen) atoms. The third-order valence-electron chi connectivity index (χ3n) is 2.65. The highest BCUT2D eigenvalue weighted by molar-refractivity contribution is 5.95. The molecule has 2 aromatic rings. The van der Waals surface area contributed by atoms with Crippen LogP contribution < -0.4 is 10.1 Å². The van der Waals surface area contributed by atoms with E-state index in [-0.39, 0.29) is 13.2 Å². The Morgan fingerprint density at radius 2 is 2.05 bits per heavy atom. The number of halogens is 3. The lowest BCUT2D eigenvalue weighted by atomic mass is 10.1. The summed E-state index contributed by atoms with van der Waals surface area (Å²) in [5.41, 5.74) is -1.54. The minimum atomic E-state index is -4.61. The molecule has 5 nitrogen and oxygen atoms in total. The molecule has 0 saturated carbocycles. The van der Waals surface area contributed by atoms with Crippen molar-refractivity contribution in [2.75, 3.05) is 13.2 Å². The van der Waals surface area contributed by atoms with Crippen LogP contribution in [0, 0.1) is 0 Å². The second-order valence-corrected chi connectivity index (χ2v) is 4.19. The molecule has 0 aliphatic heterocycles. The van der Waals surface area contributed by atoms with E-state index >= 15 is 0 Å². The zero-order valence-electron chi connectivity index (χ0n) is 11.3. The first kappa shape index (κ1) is 15.7. The van der Waals surface area contributed by atoms with E-state index in [9.17, 15) is 18.0 Å². The SMILES string of the molecule is O=C(NCCOc1ccccn1)c1cnccc1C(F)(F)F. The van der Waals surface area contributed by atoms with Crippen molar-refractivity contribution < 1.29 is 22.7 Å². The highest BCUT2D eigenvalue weighted by atomic mass is 19.4. The zero-order valence-corrected chi connectivity index (χ0v) is 11.3. The van der Waals surface area contributed by atoms with Crippen molar-refractivity contribution in [2.45, 2.75) is 6.18 Å². The molecule has 2 aromatic heterocycles. The fourth-order valence-corrected chi connectivity index (χ4v) is 1.67. The maximum atomic E-state index is 12.8. The van der Waals surface area contributed by atoms with Gasteiger partial charge in [0.25, 0.3) is 5.91 Å². The van der Waals surface area contributed by atoms with Gasteiger partial charge in [0.2, 0.25) is 5.88 Å². The molecule has 116 valence electrons. The molecule has 0 bridgehead atoms. The predicted molar refractivity (Wildman–Crippen MR) is 71.3 cm³/mol. The summed E-state index contributed by atoms with van der Waals surface area (Å²) in [4.78, 5) is 19.3. The Kier molecular flexibility index (Phi) is 4.92. The van der Waals surface area contributed by atoms with E-state index in [1.807, 2.05) is 0 Å². The Morgan fingerprint density at radius 3 is 2.73 bits per heavy atom. The number of alkyl halides is 3. The van der Waals surface area contributed by atoms with Gasteiger partial charge in [-0.3, -0.25) is 9.78 Å². The average Bonchev–Trinajstić information content (AvgIpc) is 2.51. The van der Waals surface area contributed by atoms with Gasteiger partial charge in [-0.05, 0) is 12.1 Å². The zero-order chi connectivity index (χ0) is 16.0. The Balaban J connectivity index is 1.91. The minimum absolute atomic E-state index is 0.0433. The first-order chi connectivity index (χ1) is 10.5. The molecule has 2 rings (SSSR count). The fourth-order valence-electron chi connectivity index (χ4n) is 1.67. The molecular formula is C14H12F3N3O2. The maximum absolute atomic E-state index is 12.8. The van der Waals surface area contributed by atoms with E-state index in [0.717, 1.165) is 18.5 Å². The van der Waals surface area contributed by atoms with Crippen molar-refractivity contribution in [3.8, 4) is 5.88 Å². The number of nitrogens with zero attached hydrogens (tertiary/aromatic N) is 2. The van der Waals surface area contributed by atoms with Gasteiger partial charge in [-0.15, -0.1) is 0 Å². The molecular weight excluding hydrogens is 299 g/mol. The number of rotatable bonds is 5. The Morgan fingerprint density at radius 1 is 1.23 bits per heavy atom. The topological polar surface area (TPSA) is 64.1 Å². The summed E-state index contributed by atoms with van der Waals surface area (Å²) in [5, 5.41) is 2.35. The number of aromatic nitrogens is 2. The van der Waals surface area contributed by atoms with Gasteiger partial charge in [-0.25, -0.2) is 4.98 Å². The average molecular weight is 311 g/mol. The lowest BCUT2D eigenvalue weighted by Crippen LogP contribution is -2.30. The second kappa shape index (κ2) is 6.88. The van der Waals surface area contributed by atoms with Gasteiger partial charge in [-0.2, -0.15) is 13.2 Å². The standard InChI is InChI=1S/C14H12F3N3O2/c15-14(16,17)11-4-6-18-9-10(11)13(21)20-7-8-22-12-3-1-2-5-19-12/h1-6,9H,7-8H2,(H,20,21). The van der Waals surface area contributed by atoms with E-state index in [1.165, 1.54) is 0 Å². The van der Waals surface area contributed by atoms with Crippen molar-refractivity contribution in [1.82, 2.24) is 15.3 Å². The summed E-state index contributed by atoms with van der Waals surface area (Å²) < 4.78 is 43.6. The van der Waals surface area contributed by atoms with Crippen LogP contribution in [0.3, 0.4) is 0 Å². The summed E-state index contributed by atoms with van der Waals surface area (Å²) in [7, 11) is 0. The van der Waals surface area contributed by atoms with Crippen LogP contribution in [0.4, 0.5) is 13.2 Å². The third-order valence-corrected chi connectivity index (χ3v) is 2.65. The lowest BCUT2D eigenvalue weighted by Gasteiger charge is -2.12. The Bertz CT molecular complexity index is 633. The smallest absolute Gasteiger partial charge is 0.417 e. The molecule has 0 radical (unpaired) electrons. The van der Waals surface area contributed by atoms with Crippen LogP contribution in [0.2, 0.25) is 0 Å². The summed E-state index contributed by atoms with van der Waals surface area (Å²) in [6, 6.07) is 5.84. The Hall–Kier alpha value is -2.64. The van der Waals surface area contributed by atoms with Crippen LogP contribution in [-0.2, 0) is 6.18 Å². The molecule has 1 amide bonds. The highest BCUT2D eigenvalue weighted by Crippen LogP contribution is 2.31. The Labute approximate surface area is 124 Å². The largest absolute Gasteiger partial charge is 0.476 e. The molecule has 2 heterocycles. The number of nitrogens with one attached hydrogen (secondary N) is 1. The number of carbonyl (C=O) groups excluding carboxylic acids is 1. The summed E-state index contributed by atoms with van der Waals surface area (Å²) >= 11 is 0. The molecule has 0 aliphatic carbocycles. The number of pyridine rings is 2. The predicted octanol–water partition coefficient (Wildman–Crippen LogP) is 2.30. The second-order valence-electron chi connectivity index (χ2n) is 4.19. The van der Waals surface area contributed by atoms with Gasteiger partial charge in [0.1, 0.15) is 6.61 Å². The van der Waals surface area contributed by atoms with Gasteiger partial charge in [0.15, 0.2) is 0 Å². The van der Waals surface area contributed by atoms with Crippen LogP contribution in [0.1, 0.15) is 15.9 Å². The van der Waals surface area contributed by atoms with Crippen molar-refractivity contribution in [2.24, 2.45) is 0 Å². The molecule has 0 atom stereocenters. The van der Waals surface area contributed by atoms with Gasteiger partial charge in [0, 0.05) is 24.7 Å². The van der Waals surface area contributed by atoms with Crippen molar-refractivity contribution in [3.05, 3.63) is 54.0 Å². The number of carbonyl (C=O) groups is 1.